The zero-order valence-corrected chi connectivity index (χ0v) is 6.57. The molecule has 0 aliphatic rings. The third-order valence-corrected chi connectivity index (χ3v) is 1.70. The van der Waals surface area contributed by atoms with E-state index in [9.17, 15) is 0 Å². The first-order valence-electron chi connectivity index (χ1n) is 2.69. The van der Waals surface area contributed by atoms with Gasteiger partial charge in [-0.15, -0.1) is 5.10 Å². The smallest absolute Gasteiger partial charge is 0.148 e. The molecule has 0 fully saturated rings. The van der Waals surface area contributed by atoms with Gasteiger partial charge in [0, 0.05) is 6.26 Å². The molecule has 0 saturated heterocycles. The predicted octanol–water partition coefficient (Wildman–Crippen LogP) is 1.02. The molecular weight excluding hydrogens is 134 g/mol. The standard InChI is InChI=1S/C5H9N3S/c1-4-6-5(2)8(7-4)9-3/h1-3H3. The number of hydrogen-bond donors (Lipinski definition) is 0. The summed E-state index contributed by atoms with van der Waals surface area (Å²) in [4.78, 5) is 4.11. The number of rotatable bonds is 1. The lowest BCUT2D eigenvalue weighted by atomic mass is 10.7. The highest BCUT2D eigenvalue weighted by Crippen LogP contribution is 2.02. The van der Waals surface area contributed by atoms with E-state index in [0.29, 0.717) is 0 Å². The van der Waals surface area contributed by atoms with Gasteiger partial charge in [-0.3, -0.25) is 0 Å². The average molecular weight is 143 g/mol. The van der Waals surface area contributed by atoms with Gasteiger partial charge in [-0.1, -0.05) is 0 Å². The first-order valence-corrected chi connectivity index (χ1v) is 3.87. The second-order valence-corrected chi connectivity index (χ2v) is 2.47. The zero-order valence-electron chi connectivity index (χ0n) is 5.75. The first-order chi connectivity index (χ1) is 4.24. The maximum atomic E-state index is 4.11. The predicted molar refractivity (Wildman–Crippen MR) is 38.4 cm³/mol. The molecule has 0 atom stereocenters. The van der Waals surface area contributed by atoms with Gasteiger partial charge in [0.1, 0.15) is 11.6 Å². The van der Waals surface area contributed by atoms with E-state index in [1.54, 1.807) is 16.0 Å². The number of hydrogen-bond acceptors (Lipinski definition) is 3. The molecule has 0 aromatic carbocycles. The van der Waals surface area contributed by atoms with Crippen molar-refractivity contribution in [3.05, 3.63) is 11.6 Å². The Bertz CT molecular complexity index is 206. The van der Waals surface area contributed by atoms with Crippen molar-refractivity contribution >= 4 is 11.9 Å². The van der Waals surface area contributed by atoms with Gasteiger partial charge in [-0.05, 0) is 25.8 Å². The van der Waals surface area contributed by atoms with Crippen LogP contribution in [0.5, 0.6) is 0 Å². The number of aromatic nitrogens is 3. The van der Waals surface area contributed by atoms with Crippen LogP contribution in [0, 0.1) is 13.8 Å². The average Bonchev–Trinajstić information content (AvgIpc) is 2.10. The van der Waals surface area contributed by atoms with Crippen LogP contribution in [0.3, 0.4) is 0 Å². The molecule has 0 saturated carbocycles. The quantitative estimate of drug-likeness (QED) is 0.588. The molecule has 0 radical (unpaired) electrons. The fraction of sp³-hybridized carbons (Fsp3) is 0.600. The third kappa shape index (κ3) is 1.24. The van der Waals surface area contributed by atoms with Gasteiger partial charge in [-0.2, -0.15) is 4.09 Å². The highest BCUT2D eigenvalue weighted by Gasteiger charge is 1.97. The molecule has 0 unspecified atom stereocenters. The molecule has 3 nitrogen and oxygen atoms in total. The summed E-state index contributed by atoms with van der Waals surface area (Å²) in [5.74, 6) is 1.79. The summed E-state index contributed by atoms with van der Waals surface area (Å²) in [6, 6.07) is 0. The van der Waals surface area contributed by atoms with Crippen LogP contribution >= 0.6 is 11.9 Å². The maximum absolute atomic E-state index is 4.11. The summed E-state index contributed by atoms with van der Waals surface area (Å²) in [7, 11) is 0. The van der Waals surface area contributed by atoms with Crippen LogP contribution in [0.25, 0.3) is 0 Å². The van der Waals surface area contributed by atoms with Crippen molar-refractivity contribution in [2.24, 2.45) is 0 Å². The number of nitrogens with zero attached hydrogens (tertiary/aromatic N) is 3. The minimum Gasteiger partial charge on any atom is -0.216 e. The Labute approximate surface area is 58.6 Å². The molecule has 1 aromatic heterocycles. The summed E-state index contributed by atoms with van der Waals surface area (Å²) in [6.45, 7) is 3.83. The van der Waals surface area contributed by atoms with Crippen molar-refractivity contribution in [3.63, 3.8) is 0 Å². The monoisotopic (exact) mass is 143 g/mol. The van der Waals surface area contributed by atoms with Crippen LogP contribution in [0.15, 0.2) is 0 Å². The van der Waals surface area contributed by atoms with E-state index in [0.717, 1.165) is 11.6 Å². The van der Waals surface area contributed by atoms with Gasteiger partial charge in [0.05, 0.1) is 0 Å². The van der Waals surface area contributed by atoms with E-state index in [2.05, 4.69) is 10.1 Å². The van der Waals surface area contributed by atoms with Crippen molar-refractivity contribution in [1.29, 1.82) is 0 Å². The second-order valence-electron chi connectivity index (χ2n) is 1.76. The lowest BCUT2D eigenvalue weighted by Crippen LogP contribution is -1.89. The SMILES string of the molecule is CSn1nc(C)nc1C. The second kappa shape index (κ2) is 2.39. The minimum absolute atomic E-state index is 0.835. The van der Waals surface area contributed by atoms with Crippen LogP contribution in [0.1, 0.15) is 11.6 Å². The number of aryl methyl sites for hydroxylation is 2. The van der Waals surface area contributed by atoms with Gasteiger partial charge in [0.15, 0.2) is 0 Å². The zero-order chi connectivity index (χ0) is 6.85. The highest BCUT2D eigenvalue weighted by atomic mass is 32.2. The Morgan fingerprint density at radius 2 is 2.11 bits per heavy atom. The van der Waals surface area contributed by atoms with Crippen LogP contribution in [0.4, 0.5) is 0 Å². The van der Waals surface area contributed by atoms with Crippen LogP contribution in [0.2, 0.25) is 0 Å². The van der Waals surface area contributed by atoms with E-state index in [1.165, 1.54) is 0 Å². The molecular formula is C5H9N3S. The highest BCUT2D eigenvalue weighted by molar-refractivity contribution is 7.97. The van der Waals surface area contributed by atoms with Gasteiger partial charge in [0.25, 0.3) is 0 Å². The molecule has 0 aliphatic carbocycles. The molecule has 0 bridgehead atoms. The van der Waals surface area contributed by atoms with Crippen LogP contribution < -0.4 is 0 Å². The Kier molecular flexibility index (Phi) is 1.75. The molecule has 1 aromatic rings. The summed E-state index contributed by atoms with van der Waals surface area (Å²) < 4.78 is 1.80. The van der Waals surface area contributed by atoms with Crippen molar-refractivity contribution < 1.29 is 0 Å². The summed E-state index contributed by atoms with van der Waals surface area (Å²) in [5, 5.41) is 4.10. The van der Waals surface area contributed by atoms with Crippen molar-refractivity contribution in [2.45, 2.75) is 13.8 Å². The Hall–Kier alpha value is -0.510. The van der Waals surface area contributed by atoms with Gasteiger partial charge < -0.3 is 0 Å². The van der Waals surface area contributed by atoms with E-state index in [-0.39, 0.29) is 0 Å². The molecule has 0 spiro atoms. The van der Waals surface area contributed by atoms with E-state index < -0.39 is 0 Å². The fourth-order valence-corrected chi connectivity index (χ4v) is 1.18. The fourth-order valence-electron chi connectivity index (χ4n) is 0.676. The van der Waals surface area contributed by atoms with Crippen LogP contribution in [-0.4, -0.2) is 20.4 Å². The topological polar surface area (TPSA) is 30.7 Å². The molecule has 50 valence electrons. The van der Waals surface area contributed by atoms with Crippen LogP contribution in [-0.2, 0) is 0 Å². The van der Waals surface area contributed by atoms with E-state index >= 15 is 0 Å². The lowest BCUT2D eigenvalue weighted by molar-refractivity contribution is 0.948. The molecule has 1 heterocycles. The maximum Gasteiger partial charge on any atom is 0.148 e. The normalized spacial score (nSPS) is 10.1. The summed E-state index contributed by atoms with van der Waals surface area (Å²) in [6.07, 6.45) is 1.97. The Morgan fingerprint density at radius 1 is 1.44 bits per heavy atom. The van der Waals surface area contributed by atoms with Crippen molar-refractivity contribution in [1.82, 2.24) is 14.2 Å². The van der Waals surface area contributed by atoms with Crippen molar-refractivity contribution in [2.75, 3.05) is 6.26 Å². The first kappa shape index (κ1) is 6.61. The third-order valence-electron chi connectivity index (χ3n) is 1.01. The molecule has 4 heteroatoms. The largest absolute Gasteiger partial charge is 0.216 e. The Balaban J connectivity index is 3.01. The molecule has 0 amide bonds. The lowest BCUT2D eigenvalue weighted by Gasteiger charge is -1.91. The molecule has 1 rings (SSSR count). The minimum atomic E-state index is 0.835. The molecule has 0 aliphatic heterocycles. The molecule has 0 N–H and O–H groups in total. The van der Waals surface area contributed by atoms with Gasteiger partial charge >= 0.3 is 0 Å². The Morgan fingerprint density at radius 3 is 2.33 bits per heavy atom. The summed E-state index contributed by atoms with van der Waals surface area (Å²) in [5.41, 5.74) is 0. The van der Waals surface area contributed by atoms with Gasteiger partial charge in [-0.25, -0.2) is 4.98 Å². The molecule has 9 heavy (non-hydrogen) atoms. The van der Waals surface area contributed by atoms with E-state index in [4.69, 9.17) is 0 Å². The summed E-state index contributed by atoms with van der Waals surface area (Å²) >= 11 is 1.56. The van der Waals surface area contributed by atoms with Crippen molar-refractivity contribution in [3.8, 4) is 0 Å². The van der Waals surface area contributed by atoms with E-state index in [1.807, 2.05) is 20.1 Å². The van der Waals surface area contributed by atoms with Gasteiger partial charge in [0.2, 0.25) is 0 Å².